The predicted octanol–water partition coefficient (Wildman–Crippen LogP) is 3.90. The second kappa shape index (κ2) is 10.6. The molecule has 0 spiro atoms. The van der Waals surface area contributed by atoms with Gasteiger partial charge >= 0.3 is 12.1 Å². The number of rotatable bonds is 6. The highest BCUT2D eigenvalue weighted by molar-refractivity contribution is 7.07. The molecular formula is C25H17ClF3N3O4S. The minimum Gasteiger partial charge on any atom is -0.479 e. The van der Waals surface area contributed by atoms with Gasteiger partial charge in [0, 0.05) is 5.02 Å². The topological polar surface area (TPSA) is 93.7 Å². The van der Waals surface area contributed by atoms with E-state index in [1.807, 2.05) is 6.07 Å². The fraction of sp³-hybridized carbons (Fsp3) is 0.200. The molecule has 37 heavy (non-hydrogen) atoms. The van der Waals surface area contributed by atoms with Crippen molar-refractivity contribution >= 4 is 35.0 Å². The maximum atomic E-state index is 14.1. The Labute approximate surface area is 217 Å². The highest BCUT2D eigenvalue weighted by Gasteiger charge is 2.45. The Morgan fingerprint density at radius 2 is 2.00 bits per heavy atom. The van der Waals surface area contributed by atoms with E-state index >= 15 is 0 Å². The maximum absolute atomic E-state index is 14.1. The van der Waals surface area contributed by atoms with Crippen molar-refractivity contribution in [1.29, 1.82) is 5.26 Å². The van der Waals surface area contributed by atoms with E-state index in [0.29, 0.717) is 16.3 Å². The lowest BCUT2D eigenvalue weighted by molar-refractivity contribution is -0.140. The summed E-state index contributed by atoms with van der Waals surface area (Å²) in [6.07, 6.45) is -3.52. The number of halogens is 4. The summed E-state index contributed by atoms with van der Waals surface area (Å²) in [6, 6.07) is 12.7. The summed E-state index contributed by atoms with van der Waals surface area (Å²) in [5.74, 6) is -0.846. The van der Waals surface area contributed by atoms with Gasteiger partial charge in [0.25, 0.3) is 5.56 Å². The van der Waals surface area contributed by atoms with Gasteiger partial charge in [0.1, 0.15) is 11.8 Å². The van der Waals surface area contributed by atoms with Crippen LogP contribution < -0.4 is 19.6 Å². The average molecular weight is 548 g/mol. The van der Waals surface area contributed by atoms with E-state index in [2.05, 4.69) is 4.99 Å². The smallest absolute Gasteiger partial charge is 0.434 e. The lowest BCUT2D eigenvalue weighted by atomic mass is 9.95. The van der Waals surface area contributed by atoms with Crippen LogP contribution >= 0.6 is 22.9 Å². The Hall–Kier alpha value is -3.88. The van der Waals surface area contributed by atoms with Gasteiger partial charge in [0.2, 0.25) is 0 Å². The molecule has 0 radical (unpaired) electrons. The highest BCUT2D eigenvalue weighted by atomic mass is 35.5. The number of thiazole rings is 1. The Morgan fingerprint density at radius 1 is 1.27 bits per heavy atom. The lowest BCUT2D eigenvalue weighted by Gasteiger charge is -2.26. The van der Waals surface area contributed by atoms with Crippen molar-refractivity contribution < 1.29 is 27.4 Å². The standard InChI is InChI=1S/C25H17ClF3N3O4S/c1-2-35-23(34)19-20(15-6-8-16(26)9-7-15)32-22(33)18(37-24(32)31-21(19)25(27,28)29)13-14-4-3-5-17(12-14)36-11-10-30/h3-9,12-13,20H,2,11H2,1H3/b18-13-/t20-/m1/s1. The molecule has 0 saturated heterocycles. The lowest BCUT2D eigenvalue weighted by Crippen LogP contribution is -2.41. The molecule has 3 aromatic rings. The first kappa shape index (κ1) is 26.2. The third-order valence-electron chi connectivity index (χ3n) is 5.24. The summed E-state index contributed by atoms with van der Waals surface area (Å²) in [5, 5.41) is 9.04. The van der Waals surface area contributed by atoms with Crippen LogP contribution in [0.15, 0.2) is 69.6 Å². The number of aromatic nitrogens is 1. The quantitative estimate of drug-likeness (QED) is 0.436. The molecule has 12 heteroatoms. The largest absolute Gasteiger partial charge is 0.479 e. The first-order chi connectivity index (χ1) is 17.6. The van der Waals surface area contributed by atoms with Crippen LogP contribution in [-0.4, -0.2) is 29.9 Å². The van der Waals surface area contributed by atoms with Crippen molar-refractivity contribution in [2.45, 2.75) is 19.1 Å². The third-order valence-corrected chi connectivity index (χ3v) is 6.47. The molecule has 0 aliphatic carbocycles. The average Bonchev–Trinajstić information content (AvgIpc) is 3.17. The summed E-state index contributed by atoms with van der Waals surface area (Å²) in [4.78, 5) is 29.8. The van der Waals surface area contributed by atoms with E-state index in [0.717, 1.165) is 15.9 Å². The van der Waals surface area contributed by atoms with Crippen molar-refractivity contribution in [1.82, 2.24) is 4.57 Å². The second-order valence-corrected chi connectivity index (χ2v) is 9.08. The zero-order chi connectivity index (χ0) is 26.7. The van der Waals surface area contributed by atoms with E-state index in [1.54, 1.807) is 24.3 Å². The van der Waals surface area contributed by atoms with Gasteiger partial charge < -0.3 is 9.47 Å². The Bertz CT molecular complexity index is 1600. The first-order valence-electron chi connectivity index (χ1n) is 10.8. The van der Waals surface area contributed by atoms with E-state index < -0.39 is 35.0 Å². The van der Waals surface area contributed by atoms with Crippen LogP contribution in [-0.2, 0) is 9.53 Å². The van der Waals surface area contributed by atoms with Crippen molar-refractivity contribution in [3.8, 4) is 11.8 Å². The number of nitriles is 1. The van der Waals surface area contributed by atoms with E-state index in [4.69, 9.17) is 26.3 Å². The number of hydrogen-bond donors (Lipinski definition) is 0. The number of ether oxygens (including phenoxy) is 2. The fourth-order valence-electron chi connectivity index (χ4n) is 3.76. The minimum atomic E-state index is -4.99. The SMILES string of the molecule is CCOC(=O)C1=C(C(F)(F)F)N=c2s/c(=C\c3cccc(OCC#N)c3)c(=O)n2[C@@H]1c1ccc(Cl)cc1. The number of hydrogen-bond acceptors (Lipinski definition) is 7. The molecular weight excluding hydrogens is 531 g/mol. The normalized spacial score (nSPS) is 15.6. The molecule has 7 nitrogen and oxygen atoms in total. The highest BCUT2D eigenvalue weighted by Crippen LogP contribution is 2.38. The van der Waals surface area contributed by atoms with Gasteiger partial charge in [0.05, 0.1) is 22.8 Å². The summed E-state index contributed by atoms with van der Waals surface area (Å²) in [7, 11) is 0. The van der Waals surface area contributed by atoms with Gasteiger partial charge in [-0.25, -0.2) is 9.79 Å². The molecule has 0 amide bonds. The van der Waals surface area contributed by atoms with Crippen molar-refractivity contribution in [3.63, 3.8) is 0 Å². The Kier molecular flexibility index (Phi) is 7.52. The molecule has 1 atom stereocenters. The Balaban J connectivity index is 1.98. The van der Waals surface area contributed by atoms with Crippen LogP contribution in [0.25, 0.3) is 6.08 Å². The van der Waals surface area contributed by atoms with E-state index in [-0.39, 0.29) is 28.1 Å². The fourth-order valence-corrected chi connectivity index (χ4v) is 4.89. The summed E-state index contributed by atoms with van der Waals surface area (Å²) >= 11 is 6.72. The van der Waals surface area contributed by atoms with Crippen molar-refractivity contribution in [2.75, 3.05) is 13.2 Å². The zero-order valence-electron chi connectivity index (χ0n) is 19.1. The molecule has 1 aromatic heterocycles. The van der Waals surface area contributed by atoms with E-state index in [1.165, 1.54) is 37.3 Å². The number of carbonyl (C=O) groups is 1. The molecule has 1 aliphatic heterocycles. The zero-order valence-corrected chi connectivity index (χ0v) is 20.7. The third kappa shape index (κ3) is 5.45. The van der Waals surface area contributed by atoms with Gasteiger partial charge in [-0.2, -0.15) is 18.4 Å². The number of benzene rings is 2. The summed E-state index contributed by atoms with van der Waals surface area (Å²) in [5.41, 5.74) is -2.11. The van der Waals surface area contributed by atoms with Gasteiger partial charge in [0.15, 0.2) is 17.1 Å². The number of esters is 1. The molecule has 0 saturated carbocycles. The predicted molar refractivity (Wildman–Crippen MR) is 130 cm³/mol. The molecule has 0 fully saturated rings. The van der Waals surface area contributed by atoms with Crippen LogP contribution in [0, 0.1) is 11.3 Å². The van der Waals surface area contributed by atoms with Crippen molar-refractivity contribution in [3.05, 3.63) is 95.6 Å². The number of nitrogens with zero attached hydrogens (tertiary/aromatic N) is 3. The molecule has 1 aliphatic rings. The van der Waals surface area contributed by atoms with Crippen LogP contribution in [0.3, 0.4) is 0 Å². The second-order valence-electron chi connectivity index (χ2n) is 7.63. The molecule has 190 valence electrons. The van der Waals surface area contributed by atoms with Crippen LogP contribution in [0.4, 0.5) is 13.2 Å². The first-order valence-corrected chi connectivity index (χ1v) is 12.0. The number of allylic oxidation sites excluding steroid dienone is 1. The van der Waals surface area contributed by atoms with Gasteiger partial charge in [-0.05, 0) is 48.4 Å². The van der Waals surface area contributed by atoms with Crippen molar-refractivity contribution in [2.24, 2.45) is 4.99 Å². The van der Waals surface area contributed by atoms with Gasteiger partial charge in [-0.15, -0.1) is 0 Å². The van der Waals surface area contributed by atoms with Gasteiger partial charge in [-0.3, -0.25) is 9.36 Å². The molecule has 2 heterocycles. The van der Waals surface area contributed by atoms with Crippen LogP contribution in [0.1, 0.15) is 24.1 Å². The number of fused-ring (bicyclic) bond motifs is 1. The summed E-state index contributed by atoms with van der Waals surface area (Å²) < 4.78 is 53.7. The Morgan fingerprint density at radius 3 is 2.65 bits per heavy atom. The summed E-state index contributed by atoms with van der Waals surface area (Å²) in [6.45, 7) is 1.12. The number of carbonyl (C=O) groups excluding carboxylic acids is 1. The molecule has 0 N–H and O–H groups in total. The number of alkyl halides is 3. The maximum Gasteiger partial charge on any atom is 0.434 e. The van der Waals surface area contributed by atoms with Crippen LogP contribution in [0.5, 0.6) is 5.75 Å². The van der Waals surface area contributed by atoms with Crippen LogP contribution in [0.2, 0.25) is 5.02 Å². The monoisotopic (exact) mass is 547 g/mol. The molecule has 0 bridgehead atoms. The molecule has 2 aromatic carbocycles. The molecule has 0 unspecified atom stereocenters. The minimum absolute atomic E-state index is 0.0850. The van der Waals surface area contributed by atoms with Gasteiger partial charge in [-0.1, -0.05) is 47.2 Å². The van der Waals surface area contributed by atoms with E-state index in [9.17, 15) is 22.8 Å². The molecule has 4 rings (SSSR count).